The normalized spacial score (nSPS) is 18.0. The summed E-state index contributed by atoms with van der Waals surface area (Å²) >= 11 is 5.99. The lowest BCUT2D eigenvalue weighted by Gasteiger charge is -2.10. The Bertz CT molecular complexity index is 633. The number of hydrogen-bond donors (Lipinski definition) is 3. The van der Waals surface area contributed by atoms with Crippen molar-refractivity contribution in [2.75, 3.05) is 13.1 Å². The van der Waals surface area contributed by atoms with Crippen molar-refractivity contribution in [3.05, 3.63) is 34.5 Å². The summed E-state index contributed by atoms with van der Waals surface area (Å²) < 4.78 is 0. The summed E-state index contributed by atoms with van der Waals surface area (Å²) in [5, 5.41) is 7.97. The number of rotatable bonds is 2. The molecule has 1 saturated heterocycles. The average molecular weight is 314 g/mol. The molecule has 1 aromatic carbocycles. The number of aromatic amines is 1. The molecule has 1 fully saturated rings. The Balaban J connectivity index is 0.00000147. The summed E-state index contributed by atoms with van der Waals surface area (Å²) in [4.78, 5) is 15.4. The van der Waals surface area contributed by atoms with Gasteiger partial charge < -0.3 is 15.6 Å². The number of carbonyl (C=O) groups is 1. The minimum absolute atomic E-state index is 0. The molecule has 0 unspecified atom stereocenters. The second-order valence-electron chi connectivity index (χ2n) is 4.98. The first-order chi connectivity index (χ1) is 9.15. The fraction of sp³-hybridized carbons (Fsp3) is 0.357. The fourth-order valence-electron chi connectivity index (χ4n) is 2.56. The highest BCUT2D eigenvalue weighted by atomic mass is 35.5. The van der Waals surface area contributed by atoms with Crippen molar-refractivity contribution in [1.29, 1.82) is 0 Å². The van der Waals surface area contributed by atoms with E-state index >= 15 is 0 Å². The van der Waals surface area contributed by atoms with Gasteiger partial charge in [0.05, 0.1) is 0 Å². The summed E-state index contributed by atoms with van der Waals surface area (Å²) in [6, 6.07) is 5.83. The smallest absolute Gasteiger partial charge is 0.268 e. The van der Waals surface area contributed by atoms with Gasteiger partial charge in [-0.25, -0.2) is 0 Å². The van der Waals surface area contributed by atoms with Crippen LogP contribution in [0, 0.1) is 6.92 Å². The molecular formula is C14H17Cl2N3O. The number of halogens is 2. The molecule has 6 heteroatoms. The predicted octanol–water partition coefficient (Wildman–Crippen LogP) is 2.64. The van der Waals surface area contributed by atoms with E-state index in [1.165, 1.54) is 0 Å². The largest absolute Gasteiger partial charge is 0.350 e. The third-order valence-electron chi connectivity index (χ3n) is 3.64. The van der Waals surface area contributed by atoms with E-state index in [4.69, 9.17) is 11.6 Å². The average Bonchev–Trinajstić information content (AvgIpc) is 2.98. The van der Waals surface area contributed by atoms with Gasteiger partial charge >= 0.3 is 0 Å². The lowest BCUT2D eigenvalue weighted by Crippen LogP contribution is -2.36. The molecule has 108 valence electrons. The van der Waals surface area contributed by atoms with Crippen LogP contribution in [0.4, 0.5) is 0 Å². The van der Waals surface area contributed by atoms with Crippen LogP contribution in [0.5, 0.6) is 0 Å². The molecule has 0 radical (unpaired) electrons. The van der Waals surface area contributed by atoms with Gasteiger partial charge in [-0.1, -0.05) is 11.6 Å². The summed E-state index contributed by atoms with van der Waals surface area (Å²) in [6.45, 7) is 3.75. The highest BCUT2D eigenvalue weighted by Crippen LogP contribution is 2.25. The molecule has 2 aromatic rings. The molecule has 1 amide bonds. The van der Waals surface area contributed by atoms with Crippen molar-refractivity contribution < 1.29 is 4.79 Å². The van der Waals surface area contributed by atoms with Gasteiger partial charge in [0.25, 0.3) is 5.91 Å². The van der Waals surface area contributed by atoms with E-state index in [-0.39, 0.29) is 24.4 Å². The molecule has 4 nitrogen and oxygen atoms in total. The zero-order valence-electron chi connectivity index (χ0n) is 11.1. The van der Waals surface area contributed by atoms with Crippen molar-refractivity contribution in [2.24, 2.45) is 0 Å². The molecule has 0 spiro atoms. The van der Waals surface area contributed by atoms with Crippen molar-refractivity contribution in [3.8, 4) is 0 Å². The number of carbonyl (C=O) groups excluding carboxylic acids is 1. The highest BCUT2D eigenvalue weighted by molar-refractivity contribution is 6.31. The highest BCUT2D eigenvalue weighted by Gasteiger charge is 2.20. The number of nitrogens with one attached hydrogen (secondary N) is 3. The van der Waals surface area contributed by atoms with Crippen molar-refractivity contribution >= 4 is 40.8 Å². The molecule has 1 atom stereocenters. The number of aromatic nitrogens is 1. The quantitative estimate of drug-likeness (QED) is 0.798. The van der Waals surface area contributed by atoms with Gasteiger partial charge in [0.1, 0.15) is 5.69 Å². The number of aryl methyl sites for hydroxylation is 1. The van der Waals surface area contributed by atoms with Gasteiger partial charge in [-0.05, 0) is 43.7 Å². The standard InChI is InChI=1S/C14H16ClN3O.ClH/c1-8-11-6-9(15)2-3-12(11)18-13(8)14(19)17-10-4-5-16-7-10;/h2-3,6,10,16,18H,4-5,7H2,1H3,(H,17,19);1H/t10-;/m1./s1. The number of benzene rings is 1. The Kier molecular flexibility index (Phi) is 4.58. The lowest BCUT2D eigenvalue weighted by molar-refractivity contribution is 0.0935. The second kappa shape index (κ2) is 6.04. The Morgan fingerprint density at radius 3 is 2.95 bits per heavy atom. The van der Waals surface area contributed by atoms with Crippen LogP contribution in [-0.4, -0.2) is 30.0 Å². The SMILES string of the molecule is Cc1c(C(=O)N[C@@H]2CCNC2)[nH]c2ccc(Cl)cc12.Cl. The molecular weight excluding hydrogens is 297 g/mol. The topological polar surface area (TPSA) is 56.9 Å². The van der Waals surface area contributed by atoms with Gasteiger partial charge in [0.2, 0.25) is 0 Å². The van der Waals surface area contributed by atoms with Crippen molar-refractivity contribution in [3.63, 3.8) is 0 Å². The molecule has 0 bridgehead atoms. The van der Waals surface area contributed by atoms with Crippen LogP contribution < -0.4 is 10.6 Å². The Hall–Kier alpha value is -1.23. The molecule has 3 N–H and O–H groups in total. The summed E-state index contributed by atoms with van der Waals surface area (Å²) in [7, 11) is 0. The molecule has 3 rings (SSSR count). The Morgan fingerprint density at radius 2 is 2.25 bits per heavy atom. The van der Waals surface area contributed by atoms with Crippen LogP contribution >= 0.6 is 24.0 Å². The molecule has 1 aliphatic heterocycles. The van der Waals surface area contributed by atoms with Crippen molar-refractivity contribution in [1.82, 2.24) is 15.6 Å². The van der Waals surface area contributed by atoms with E-state index in [1.54, 1.807) is 0 Å². The first-order valence-electron chi connectivity index (χ1n) is 6.44. The summed E-state index contributed by atoms with van der Waals surface area (Å²) in [5.74, 6) is -0.0430. The van der Waals surface area contributed by atoms with Crippen LogP contribution in [0.1, 0.15) is 22.5 Å². The van der Waals surface area contributed by atoms with Gasteiger partial charge in [0.15, 0.2) is 0 Å². The monoisotopic (exact) mass is 313 g/mol. The Morgan fingerprint density at radius 1 is 1.45 bits per heavy atom. The molecule has 0 saturated carbocycles. The molecule has 20 heavy (non-hydrogen) atoms. The van der Waals surface area contributed by atoms with E-state index in [0.717, 1.165) is 36.0 Å². The minimum Gasteiger partial charge on any atom is -0.350 e. The fourth-order valence-corrected chi connectivity index (χ4v) is 2.73. The maximum Gasteiger partial charge on any atom is 0.268 e. The lowest BCUT2D eigenvalue weighted by atomic mass is 10.1. The first kappa shape index (κ1) is 15.2. The van der Waals surface area contributed by atoms with Crippen LogP contribution in [0.3, 0.4) is 0 Å². The van der Waals surface area contributed by atoms with E-state index < -0.39 is 0 Å². The van der Waals surface area contributed by atoms with E-state index in [9.17, 15) is 4.79 Å². The number of amides is 1. The summed E-state index contributed by atoms with van der Waals surface area (Å²) in [5.41, 5.74) is 2.52. The maximum absolute atomic E-state index is 12.3. The summed E-state index contributed by atoms with van der Waals surface area (Å²) in [6.07, 6.45) is 0.983. The van der Waals surface area contributed by atoms with Crippen LogP contribution in [-0.2, 0) is 0 Å². The van der Waals surface area contributed by atoms with Crippen LogP contribution in [0.15, 0.2) is 18.2 Å². The first-order valence-corrected chi connectivity index (χ1v) is 6.82. The van der Waals surface area contributed by atoms with Crippen LogP contribution in [0.2, 0.25) is 5.02 Å². The van der Waals surface area contributed by atoms with Gasteiger partial charge in [-0.3, -0.25) is 4.79 Å². The Labute approximate surface area is 128 Å². The van der Waals surface area contributed by atoms with E-state index in [2.05, 4.69) is 15.6 Å². The minimum atomic E-state index is -0.0430. The zero-order chi connectivity index (χ0) is 13.4. The zero-order valence-corrected chi connectivity index (χ0v) is 12.7. The molecule has 2 heterocycles. The van der Waals surface area contributed by atoms with Gasteiger partial charge in [-0.2, -0.15) is 0 Å². The van der Waals surface area contributed by atoms with E-state index in [0.29, 0.717) is 10.7 Å². The molecule has 0 aliphatic carbocycles. The molecule has 1 aromatic heterocycles. The maximum atomic E-state index is 12.3. The number of H-pyrrole nitrogens is 1. The van der Waals surface area contributed by atoms with Crippen molar-refractivity contribution in [2.45, 2.75) is 19.4 Å². The van der Waals surface area contributed by atoms with Gasteiger partial charge in [-0.15, -0.1) is 12.4 Å². The number of hydrogen-bond acceptors (Lipinski definition) is 2. The van der Waals surface area contributed by atoms with Crippen LogP contribution in [0.25, 0.3) is 10.9 Å². The predicted molar refractivity (Wildman–Crippen MR) is 84.0 cm³/mol. The third-order valence-corrected chi connectivity index (χ3v) is 3.88. The second-order valence-corrected chi connectivity index (χ2v) is 5.41. The van der Waals surface area contributed by atoms with Gasteiger partial charge in [0, 0.05) is 28.5 Å². The number of fused-ring (bicyclic) bond motifs is 1. The van der Waals surface area contributed by atoms with E-state index in [1.807, 2.05) is 25.1 Å². The molecule has 1 aliphatic rings. The third kappa shape index (κ3) is 2.77.